The van der Waals surface area contributed by atoms with E-state index in [-0.39, 0.29) is 0 Å². The van der Waals surface area contributed by atoms with E-state index in [2.05, 4.69) is 38.4 Å². The van der Waals surface area contributed by atoms with Crippen LogP contribution in [0.4, 0.5) is 5.82 Å². The molecule has 2 aliphatic rings. The Morgan fingerprint density at radius 3 is 2.60 bits per heavy atom. The van der Waals surface area contributed by atoms with Crippen LogP contribution >= 0.6 is 0 Å². The molecule has 1 aromatic heterocycles. The highest BCUT2D eigenvalue weighted by Gasteiger charge is 2.28. The summed E-state index contributed by atoms with van der Waals surface area (Å²) in [5.41, 5.74) is 0.981. The lowest BCUT2D eigenvalue weighted by molar-refractivity contribution is 0.225. The molecule has 5 heteroatoms. The van der Waals surface area contributed by atoms with Crippen LogP contribution in [0.25, 0.3) is 0 Å². The van der Waals surface area contributed by atoms with Crippen LogP contribution in [0.5, 0.6) is 0 Å². The molecule has 2 aliphatic heterocycles. The molecule has 5 nitrogen and oxygen atoms in total. The first-order valence-corrected chi connectivity index (χ1v) is 7.68. The van der Waals surface area contributed by atoms with Gasteiger partial charge >= 0.3 is 0 Å². The highest BCUT2D eigenvalue weighted by Crippen LogP contribution is 2.22. The molecular weight excluding hydrogens is 250 g/mol. The second-order valence-electron chi connectivity index (χ2n) is 6.29. The maximum absolute atomic E-state index is 4.24. The maximum Gasteiger partial charge on any atom is 0.151 e. The summed E-state index contributed by atoms with van der Waals surface area (Å²) in [6.45, 7) is 7.79. The summed E-state index contributed by atoms with van der Waals surface area (Å²) < 4.78 is 0. The average Bonchev–Trinajstić information content (AvgIpc) is 2.41. The number of nitrogens with zero attached hydrogens (tertiary/aromatic N) is 4. The van der Waals surface area contributed by atoms with E-state index in [1.54, 1.807) is 0 Å². The average molecular weight is 275 g/mol. The van der Waals surface area contributed by atoms with E-state index in [1.807, 2.05) is 13.0 Å². The molecule has 0 bridgehead atoms. The van der Waals surface area contributed by atoms with Gasteiger partial charge in [0.1, 0.15) is 0 Å². The van der Waals surface area contributed by atoms with Crippen LogP contribution in [0.2, 0.25) is 0 Å². The van der Waals surface area contributed by atoms with Gasteiger partial charge in [-0.3, -0.25) is 0 Å². The first-order chi connectivity index (χ1) is 9.70. The van der Waals surface area contributed by atoms with Gasteiger partial charge in [-0.25, -0.2) is 0 Å². The van der Waals surface area contributed by atoms with E-state index in [4.69, 9.17) is 0 Å². The van der Waals surface area contributed by atoms with Gasteiger partial charge in [-0.1, -0.05) is 0 Å². The smallest absolute Gasteiger partial charge is 0.151 e. The van der Waals surface area contributed by atoms with Gasteiger partial charge in [-0.15, -0.1) is 5.10 Å². The van der Waals surface area contributed by atoms with E-state index in [0.717, 1.165) is 43.1 Å². The highest BCUT2D eigenvalue weighted by molar-refractivity contribution is 5.40. The number of piperidine rings is 1. The molecule has 0 aromatic carbocycles. The predicted molar refractivity (Wildman–Crippen MR) is 81.0 cm³/mol. The zero-order valence-electron chi connectivity index (χ0n) is 12.5. The number of anilines is 1. The van der Waals surface area contributed by atoms with E-state index >= 15 is 0 Å². The molecule has 20 heavy (non-hydrogen) atoms. The lowest BCUT2D eigenvalue weighted by atomic mass is 9.98. The number of likely N-dealkylation sites (tertiary alicyclic amines) is 1. The summed E-state index contributed by atoms with van der Waals surface area (Å²) in [7, 11) is 2.21. The van der Waals surface area contributed by atoms with Crippen LogP contribution in [0.1, 0.15) is 18.5 Å². The Labute approximate surface area is 121 Å². The molecule has 0 radical (unpaired) electrons. The normalized spacial score (nSPS) is 22.0. The van der Waals surface area contributed by atoms with E-state index in [1.165, 1.54) is 25.9 Å². The topological polar surface area (TPSA) is 44.3 Å². The molecule has 1 aromatic rings. The minimum atomic E-state index is 0.722. The molecule has 2 saturated heterocycles. The van der Waals surface area contributed by atoms with Crippen molar-refractivity contribution in [3.05, 3.63) is 17.8 Å². The third kappa shape index (κ3) is 3.27. The van der Waals surface area contributed by atoms with Crippen molar-refractivity contribution >= 4 is 5.82 Å². The van der Waals surface area contributed by atoms with Crippen LogP contribution < -0.4 is 10.2 Å². The molecule has 0 amide bonds. The van der Waals surface area contributed by atoms with Gasteiger partial charge in [-0.2, -0.15) is 5.10 Å². The maximum atomic E-state index is 4.24. The Morgan fingerprint density at radius 1 is 1.20 bits per heavy atom. The largest absolute Gasteiger partial charge is 0.354 e. The number of nitrogens with one attached hydrogen (secondary N) is 1. The fraction of sp³-hybridized carbons (Fsp3) is 0.733. The third-order valence-corrected chi connectivity index (χ3v) is 4.48. The molecule has 2 fully saturated rings. The van der Waals surface area contributed by atoms with Crippen molar-refractivity contribution in [2.75, 3.05) is 44.7 Å². The third-order valence-electron chi connectivity index (χ3n) is 4.48. The Kier molecular flexibility index (Phi) is 4.17. The number of rotatable bonds is 4. The van der Waals surface area contributed by atoms with Crippen molar-refractivity contribution in [1.82, 2.24) is 20.4 Å². The number of aromatic nitrogens is 2. The van der Waals surface area contributed by atoms with E-state index in [0.29, 0.717) is 0 Å². The quantitative estimate of drug-likeness (QED) is 0.885. The second kappa shape index (κ2) is 6.06. The van der Waals surface area contributed by atoms with Crippen LogP contribution in [-0.2, 0) is 0 Å². The van der Waals surface area contributed by atoms with Crippen LogP contribution in [0.3, 0.4) is 0 Å². The lowest BCUT2D eigenvalue weighted by Crippen LogP contribution is -2.53. The zero-order chi connectivity index (χ0) is 13.9. The van der Waals surface area contributed by atoms with Gasteiger partial charge in [0.25, 0.3) is 0 Å². The Bertz CT molecular complexity index is 418. The van der Waals surface area contributed by atoms with Crippen molar-refractivity contribution < 1.29 is 0 Å². The first kappa shape index (κ1) is 13.8. The summed E-state index contributed by atoms with van der Waals surface area (Å²) >= 11 is 0. The fourth-order valence-electron chi connectivity index (χ4n) is 2.99. The van der Waals surface area contributed by atoms with Gasteiger partial charge in [0.2, 0.25) is 0 Å². The monoisotopic (exact) mass is 275 g/mol. The summed E-state index contributed by atoms with van der Waals surface area (Å²) in [6.07, 6.45) is 2.58. The zero-order valence-corrected chi connectivity index (χ0v) is 12.5. The molecule has 3 heterocycles. The van der Waals surface area contributed by atoms with Crippen molar-refractivity contribution in [3.63, 3.8) is 0 Å². The van der Waals surface area contributed by atoms with Gasteiger partial charge in [0.15, 0.2) is 5.82 Å². The standard InChI is InChI=1S/C15H25N5/c1-12-3-4-15(18-17-12)20-10-13(11-20)9-16-14-5-7-19(2)8-6-14/h3-4,13-14,16H,5-11H2,1-2H3. The molecule has 0 saturated carbocycles. The first-order valence-electron chi connectivity index (χ1n) is 7.68. The summed E-state index contributed by atoms with van der Waals surface area (Å²) in [5, 5.41) is 12.1. The molecular formula is C15H25N5. The van der Waals surface area contributed by atoms with Crippen molar-refractivity contribution in [2.24, 2.45) is 5.92 Å². The van der Waals surface area contributed by atoms with Gasteiger partial charge < -0.3 is 15.1 Å². The molecule has 0 atom stereocenters. The second-order valence-corrected chi connectivity index (χ2v) is 6.29. The van der Waals surface area contributed by atoms with Crippen molar-refractivity contribution in [3.8, 4) is 0 Å². The Balaban J connectivity index is 1.37. The van der Waals surface area contributed by atoms with Gasteiger partial charge in [-0.05, 0) is 52.0 Å². The number of hydrogen-bond donors (Lipinski definition) is 1. The molecule has 3 rings (SSSR count). The molecule has 0 spiro atoms. The van der Waals surface area contributed by atoms with Crippen LogP contribution in [0.15, 0.2) is 12.1 Å². The molecule has 1 N–H and O–H groups in total. The minimum absolute atomic E-state index is 0.722. The van der Waals surface area contributed by atoms with Gasteiger partial charge in [0.05, 0.1) is 5.69 Å². The number of hydrogen-bond acceptors (Lipinski definition) is 5. The van der Waals surface area contributed by atoms with Gasteiger partial charge in [0, 0.05) is 31.6 Å². The van der Waals surface area contributed by atoms with E-state index in [9.17, 15) is 0 Å². The van der Waals surface area contributed by atoms with Crippen LogP contribution in [0, 0.1) is 12.8 Å². The highest BCUT2D eigenvalue weighted by atomic mass is 15.3. The minimum Gasteiger partial charge on any atom is -0.354 e. The summed E-state index contributed by atoms with van der Waals surface area (Å²) in [4.78, 5) is 4.73. The predicted octanol–water partition coefficient (Wildman–Crippen LogP) is 0.905. The SMILES string of the molecule is Cc1ccc(N2CC(CNC3CCN(C)CC3)C2)nn1. The molecule has 0 aliphatic carbocycles. The van der Waals surface area contributed by atoms with Crippen LogP contribution in [-0.4, -0.2) is 60.9 Å². The molecule has 0 unspecified atom stereocenters. The fourth-order valence-corrected chi connectivity index (χ4v) is 2.99. The Morgan fingerprint density at radius 2 is 1.95 bits per heavy atom. The number of aryl methyl sites for hydroxylation is 1. The lowest BCUT2D eigenvalue weighted by Gasteiger charge is -2.41. The van der Waals surface area contributed by atoms with E-state index < -0.39 is 0 Å². The Hall–Kier alpha value is -1.20. The summed E-state index contributed by atoms with van der Waals surface area (Å²) in [5.74, 6) is 1.78. The summed E-state index contributed by atoms with van der Waals surface area (Å²) in [6, 6.07) is 4.83. The molecule has 110 valence electrons. The van der Waals surface area contributed by atoms with Crippen molar-refractivity contribution in [2.45, 2.75) is 25.8 Å². The van der Waals surface area contributed by atoms with Crippen molar-refractivity contribution in [1.29, 1.82) is 0 Å².